The van der Waals surface area contributed by atoms with Gasteiger partial charge >= 0.3 is 6.09 Å². The lowest BCUT2D eigenvalue weighted by Gasteiger charge is -2.31. The third kappa shape index (κ3) is 4.99. The van der Waals surface area contributed by atoms with Gasteiger partial charge in [-0.25, -0.2) is 4.79 Å². The topological polar surface area (TPSA) is 71.0 Å². The second-order valence-electron chi connectivity index (χ2n) is 8.02. The van der Waals surface area contributed by atoms with Gasteiger partial charge < -0.3 is 15.0 Å². The molecule has 0 aromatic heterocycles. The standard InChI is InChI=1S/C25H29N3O3S/c1-3-7-20-19-8-5-6-9-22(19)32-23-11-10-17(16-21(23)27-20)24(29)26-18-12-14-28(15-13-18)25(30)31-4-2/h5-6,8-11,16,18H,3-4,7,12-15H2,1-2H3,(H,26,29). The van der Waals surface area contributed by atoms with Gasteiger partial charge in [-0.05, 0) is 50.5 Å². The highest BCUT2D eigenvalue weighted by atomic mass is 32.2. The molecule has 6 nitrogen and oxygen atoms in total. The number of carbonyl (C=O) groups is 2. The first-order valence-electron chi connectivity index (χ1n) is 11.3. The van der Waals surface area contributed by atoms with Crippen molar-refractivity contribution in [1.29, 1.82) is 0 Å². The van der Waals surface area contributed by atoms with Crippen molar-refractivity contribution in [2.45, 2.75) is 55.4 Å². The maximum absolute atomic E-state index is 13.0. The first-order chi connectivity index (χ1) is 15.6. The summed E-state index contributed by atoms with van der Waals surface area (Å²) >= 11 is 1.70. The summed E-state index contributed by atoms with van der Waals surface area (Å²) in [6.45, 7) is 5.51. The predicted molar refractivity (Wildman–Crippen MR) is 127 cm³/mol. The van der Waals surface area contributed by atoms with Crippen molar-refractivity contribution in [2.75, 3.05) is 19.7 Å². The van der Waals surface area contributed by atoms with Gasteiger partial charge in [0.2, 0.25) is 0 Å². The smallest absolute Gasteiger partial charge is 0.409 e. The van der Waals surface area contributed by atoms with Crippen LogP contribution in [0.1, 0.15) is 55.5 Å². The summed E-state index contributed by atoms with van der Waals surface area (Å²) < 4.78 is 5.06. The van der Waals surface area contributed by atoms with E-state index in [0.717, 1.165) is 42.0 Å². The van der Waals surface area contributed by atoms with Gasteiger partial charge in [-0.1, -0.05) is 43.3 Å². The van der Waals surface area contributed by atoms with Crippen molar-refractivity contribution in [2.24, 2.45) is 4.99 Å². The number of hydrogen-bond acceptors (Lipinski definition) is 5. The van der Waals surface area contributed by atoms with Crippen LogP contribution in [0.25, 0.3) is 0 Å². The number of piperidine rings is 1. The Kier molecular flexibility index (Phi) is 7.15. The Morgan fingerprint density at radius 1 is 1.12 bits per heavy atom. The number of benzene rings is 2. The number of hydrogen-bond donors (Lipinski definition) is 1. The number of rotatable bonds is 5. The molecule has 0 radical (unpaired) electrons. The first kappa shape index (κ1) is 22.4. The summed E-state index contributed by atoms with van der Waals surface area (Å²) in [5, 5.41) is 3.13. The zero-order valence-electron chi connectivity index (χ0n) is 18.6. The van der Waals surface area contributed by atoms with Crippen LogP contribution in [0.5, 0.6) is 0 Å². The number of aliphatic imine (C=N–C) groups is 1. The SMILES string of the molecule is CCCC1=Nc2cc(C(=O)NC3CCN(C(=O)OCC)CC3)ccc2Sc2ccccc21. The van der Waals surface area contributed by atoms with E-state index in [1.165, 1.54) is 10.5 Å². The molecule has 0 saturated carbocycles. The molecule has 7 heteroatoms. The minimum absolute atomic E-state index is 0.0461. The zero-order valence-corrected chi connectivity index (χ0v) is 19.4. The minimum Gasteiger partial charge on any atom is -0.450 e. The molecule has 0 aliphatic carbocycles. The molecule has 2 aromatic rings. The number of likely N-dealkylation sites (tertiary alicyclic amines) is 1. The molecule has 0 bridgehead atoms. The maximum Gasteiger partial charge on any atom is 0.409 e. The number of nitrogens with one attached hydrogen (secondary N) is 1. The quantitative estimate of drug-likeness (QED) is 0.659. The molecule has 2 aliphatic heterocycles. The Morgan fingerprint density at radius 3 is 2.66 bits per heavy atom. The Labute approximate surface area is 193 Å². The summed E-state index contributed by atoms with van der Waals surface area (Å²) in [5.41, 5.74) is 3.70. The highest BCUT2D eigenvalue weighted by molar-refractivity contribution is 7.99. The fourth-order valence-corrected chi connectivity index (χ4v) is 5.09. The number of carbonyl (C=O) groups excluding carboxylic acids is 2. The predicted octanol–water partition coefficient (Wildman–Crippen LogP) is 5.42. The number of ether oxygens (including phenoxy) is 1. The molecule has 2 amide bonds. The van der Waals surface area contributed by atoms with E-state index in [4.69, 9.17) is 9.73 Å². The van der Waals surface area contributed by atoms with Crippen LogP contribution in [0.3, 0.4) is 0 Å². The fraction of sp³-hybridized carbons (Fsp3) is 0.400. The average Bonchev–Trinajstić information content (AvgIpc) is 2.96. The molecule has 1 N–H and O–H groups in total. The molecule has 4 rings (SSSR count). The second-order valence-corrected chi connectivity index (χ2v) is 9.11. The lowest BCUT2D eigenvalue weighted by Crippen LogP contribution is -2.46. The van der Waals surface area contributed by atoms with Crippen LogP contribution in [0.15, 0.2) is 57.2 Å². The van der Waals surface area contributed by atoms with E-state index < -0.39 is 0 Å². The first-order valence-corrected chi connectivity index (χ1v) is 12.1. The molecule has 168 valence electrons. The average molecular weight is 452 g/mol. The van der Waals surface area contributed by atoms with Gasteiger partial charge in [0.15, 0.2) is 0 Å². The van der Waals surface area contributed by atoms with E-state index >= 15 is 0 Å². The van der Waals surface area contributed by atoms with E-state index in [1.54, 1.807) is 23.6 Å². The van der Waals surface area contributed by atoms with Crippen molar-refractivity contribution in [1.82, 2.24) is 10.2 Å². The van der Waals surface area contributed by atoms with E-state index in [9.17, 15) is 9.59 Å². The Hall–Kier alpha value is -2.80. The largest absolute Gasteiger partial charge is 0.450 e. The lowest BCUT2D eigenvalue weighted by atomic mass is 10.0. The molecule has 1 fully saturated rings. The zero-order chi connectivity index (χ0) is 22.5. The van der Waals surface area contributed by atoms with E-state index in [2.05, 4.69) is 30.4 Å². The van der Waals surface area contributed by atoms with Gasteiger partial charge in [0.05, 0.1) is 12.3 Å². The molecule has 1 saturated heterocycles. The van der Waals surface area contributed by atoms with Gasteiger partial charge in [0.1, 0.15) is 0 Å². The van der Waals surface area contributed by atoms with Crippen molar-refractivity contribution >= 4 is 35.2 Å². The highest BCUT2D eigenvalue weighted by Crippen LogP contribution is 2.41. The third-order valence-corrected chi connectivity index (χ3v) is 6.88. The molecule has 0 unspecified atom stereocenters. The van der Waals surface area contributed by atoms with Gasteiger partial charge in [-0.15, -0.1) is 0 Å². The normalized spacial score (nSPS) is 15.8. The van der Waals surface area contributed by atoms with Crippen LogP contribution >= 0.6 is 11.8 Å². The van der Waals surface area contributed by atoms with Gasteiger partial charge in [0, 0.05) is 45.8 Å². The van der Waals surface area contributed by atoms with Crippen LogP contribution in [0.2, 0.25) is 0 Å². The fourth-order valence-electron chi connectivity index (χ4n) is 4.07. The van der Waals surface area contributed by atoms with Crippen molar-refractivity contribution in [3.05, 3.63) is 53.6 Å². The summed E-state index contributed by atoms with van der Waals surface area (Å²) in [6.07, 6.45) is 3.07. The Morgan fingerprint density at radius 2 is 1.91 bits per heavy atom. The van der Waals surface area contributed by atoms with Crippen LogP contribution in [0.4, 0.5) is 10.5 Å². The third-order valence-electron chi connectivity index (χ3n) is 5.74. The minimum atomic E-state index is -0.276. The van der Waals surface area contributed by atoms with Crippen LogP contribution in [0, 0.1) is 0 Å². The Balaban J connectivity index is 1.47. The monoisotopic (exact) mass is 451 g/mol. The Bertz CT molecular complexity index is 1030. The number of nitrogens with zero attached hydrogens (tertiary/aromatic N) is 2. The van der Waals surface area contributed by atoms with Gasteiger partial charge in [-0.3, -0.25) is 9.79 Å². The summed E-state index contributed by atoms with van der Waals surface area (Å²) in [6, 6.07) is 14.2. The highest BCUT2D eigenvalue weighted by Gasteiger charge is 2.25. The van der Waals surface area contributed by atoms with Crippen LogP contribution in [-0.4, -0.2) is 48.4 Å². The van der Waals surface area contributed by atoms with E-state index in [-0.39, 0.29) is 18.0 Å². The van der Waals surface area contributed by atoms with E-state index in [0.29, 0.717) is 25.3 Å². The van der Waals surface area contributed by atoms with Crippen molar-refractivity contribution in [3.63, 3.8) is 0 Å². The van der Waals surface area contributed by atoms with Gasteiger partial charge in [-0.2, -0.15) is 0 Å². The molecule has 32 heavy (non-hydrogen) atoms. The molecule has 0 atom stereocenters. The molecular formula is C25H29N3O3S. The molecule has 2 heterocycles. The van der Waals surface area contributed by atoms with Gasteiger partial charge in [0.25, 0.3) is 5.91 Å². The van der Waals surface area contributed by atoms with Crippen LogP contribution in [-0.2, 0) is 4.74 Å². The molecular weight excluding hydrogens is 422 g/mol. The molecule has 0 spiro atoms. The van der Waals surface area contributed by atoms with Crippen molar-refractivity contribution in [3.8, 4) is 0 Å². The lowest BCUT2D eigenvalue weighted by molar-refractivity contribution is 0.0860. The maximum atomic E-state index is 13.0. The summed E-state index contributed by atoms with van der Waals surface area (Å²) in [4.78, 5) is 33.7. The van der Waals surface area contributed by atoms with Crippen molar-refractivity contribution < 1.29 is 14.3 Å². The molecule has 2 aromatic carbocycles. The molecule has 2 aliphatic rings. The van der Waals surface area contributed by atoms with Crippen LogP contribution < -0.4 is 5.32 Å². The second kappa shape index (κ2) is 10.2. The number of fused-ring (bicyclic) bond motifs is 2. The van der Waals surface area contributed by atoms with E-state index in [1.807, 2.05) is 24.3 Å². The summed E-state index contributed by atoms with van der Waals surface area (Å²) in [5.74, 6) is -0.0959. The summed E-state index contributed by atoms with van der Waals surface area (Å²) in [7, 11) is 0. The number of amides is 2.